The van der Waals surface area contributed by atoms with E-state index in [0.717, 1.165) is 11.8 Å². The third kappa shape index (κ3) is 3.51. The second-order valence-electron chi connectivity index (χ2n) is 4.17. The maximum Gasteiger partial charge on any atom is -0.00179 e. The molecular weight excluding hydrogens is 158 g/mol. The SMILES string of the molecule is C=CCCC1CCC1CNCCC. The van der Waals surface area contributed by atoms with Crippen LogP contribution in [0.5, 0.6) is 0 Å². The zero-order valence-corrected chi connectivity index (χ0v) is 8.89. The quantitative estimate of drug-likeness (QED) is 0.470. The fourth-order valence-electron chi connectivity index (χ4n) is 2.08. The van der Waals surface area contributed by atoms with Gasteiger partial charge in [-0.05, 0) is 57.0 Å². The van der Waals surface area contributed by atoms with Gasteiger partial charge in [0.2, 0.25) is 0 Å². The Hall–Kier alpha value is -0.300. The molecule has 1 heteroatoms. The molecule has 0 spiro atoms. The highest BCUT2D eigenvalue weighted by Crippen LogP contribution is 2.37. The predicted molar refractivity (Wildman–Crippen MR) is 58.8 cm³/mol. The minimum Gasteiger partial charge on any atom is -0.316 e. The van der Waals surface area contributed by atoms with Gasteiger partial charge in [0, 0.05) is 0 Å². The summed E-state index contributed by atoms with van der Waals surface area (Å²) in [6.07, 6.45) is 8.76. The monoisotopic (exact) mass is 181 g/mol. The summed E-state index contributed by atoms with van der Waals surface area (Å²) in [4.78, 5) is 0. The van der Waals surface area contributed by atoms with Crippen LogP contribution >= 0.6 is 0 Å². The van der Waals surface area contributed by atoms with Gasteiger partial charge in [0.25, 0.3) is 0 Å². The first-order valence-corrected chi connectivity index (χ1v) is 5.70. The van der Waals surface area contributed by atoms with Crippen LogP contribution in [0.2, 0.25) is 0 Å². The van der Waals surface area contributed by atoms with Crippen LogP contribution in [0.25, 0.3) is 0 Å². The van der Waals surface area contributed by atoms with Crippen molar-refractivity contribution in [3.05, 3.63) is 12.7 Å². The molecule has 13 heavy (non-hydrogen) atoms. The van der Waals surface area contributed by atoms with E-state index in [4.69, 9.17) is 0 Å². The van der Waals surface area contributed by atoms with Gasteiger partial charge in [0.1, 0.15) is 0 Å². The first-order chi connectivity index (χ1) is 6.38. The molecule has 1 N–H and O–H groups in total. The van der Waals surface area contributed by atoms with Gasteiger partial charge in [-0.25, -0.2) is 0 Å². The summed E-state index contributed by atoms with van der Waals surface area (Å²) < 4.78 is 0. The lowest BCUT2D eigenvalue weighted by atomic mass is 9.71. The van der Waals surface area contributed by atoms with Gasteiger partial charge in [0.05, 0.1) is 0 Å². The topological polar surface area (TPSA) is 12.0 Å². The Labute approximate surface area is 82.6 Å². The third-order valence-corrected chi connectivity index (χ3v) is 3.15. The lowest BCUT2D eigenvalue weighted by molar-refractivity contribution is 0.161. The van der Waals surface area contributed by atoms with Crippen molar-refractivity contribution in [1.82, 2.24) is 5.32 Å². The van der Waals surface area contributed by atoms with Crippen LogP contribution in [0.15, 0.2) is 12.7 Å². The highest BCUT2D eigenvalue weighted by Gasteiger charge is 2.28. The Morgan fingerprint density at radius 3 is 2.69 bits per heavy atom. The van der Waals surface area contributed by atoms with E-state index < -0.39 is 0 Å². The smallest absolute Gasteiger partial charge is 0.00179 e. The first kappa shape index (κ1) is 10.8. The summed E-state index contributed by atoms with van der Waals surface area (Å²) in [6.45, 7) is 8.43. The molecule has 0 heterocycles. The van der Waals surface area contributed by atoms with Gasteiger partial charge in [0.15, 0.2) is 0 Å². The molecular formula is C12H23N. The number of rotatable bonds is 7. The molecule has 0 saturated heterocycles. The lowest BCUT2D eigenvalue weighted by Gasteiger charge is -2.36. The van der Waals surface area contributed by atoms with Crippen LogP contribution in [0.1, 0.15) is 39.0 Å². The van der Waals surface area contributed by atoms with Crippen LogP contribution in [0, 0.1) is 11.8 Å². The van der Waals surface area contributed by atoms with Crippen molar-refractivity contribution in [3.63, 3.8) is 0 Å². The Balaban J connectivity index is 2.02. The zero-order chi connectivity index (χ0) is 9.52. The molecule has 0 radical (unpaired) electrons. The van der Waals surface area contributed by atoms with Crippen molar-refractivity contribution < 1.29 is 0 Å². The minimum absolute atomic E-state index is 0.964. The molecule has 2 unspecified atom stereocenters. The predicted octanol–water partition coefficient (Wildman–Crippen LogP) is 2.98. The maximum atomic E-state index is 3.78. The first-order valence-electron chi connectivity index (χ1n) is 5.70. The molecule has 1 aliphatic rings. The van der Waals surface area contributed by atoms with Crippen LogP contribution in [0.4, 0.5) is 0 Å². The summed E-state index contributed by atoms with van der Waals surface area (Å²) in [5.41, 5.74) is 0. The molecule has 0 aromatic heterocycles. The van der Waals surface area contributed by atoms with Crippen LogP contribution < -0.4 is 5.32 Å². The molecule has 1 saturated carbocycles. The third-order valence-electron chi connectivity index (χ3n) is 3.15. The number of allylic oxidation sites excluding steroid dienone is 1. The summed E-state index contributed by atoms with van der Waals surface area (Å²) in [5.74, 6) is 1.95. The standard InChI is InChI=1S/C12H23N/c1-3-5-6-11-7-8-12(11)10-13-9-4-2/h3,11-13H,1,4-10H2,2H3. The van der Waals surface area contributed by atoms with Crippen LogP contribution in [0.3, 0.4) is 0 Å². The summed E-state index contributed by atoms with van der Waals surface area (Å²) in [6, 6.07) is 0. The van der Waals surface area contributed by atoms with E-state index in [1.807, 2.05) is 0 Å². The molecule has 1 fully saturated rings. The normalized spacial score (nSPS) is 26.8. The Bertz CT molecular complexity index is 142. The van der Waals surface area contributed by atoms with Gasteiger partial charge < -0.3 is 5.32 Å². The molecule has 0 bridgehead atoms. The molecule has 76 valence electrons. The maximum absolute atomic E-state index is 3.78. The van der Waals surface area contributed by atoms with Gasteiger partial charge >= 0.3 is 0 Å². The van der Waals surface area contributed by atoms with Gasteiger partial charge in [-0.15, -0.1) is 6.58 Å². The van der Waals surface area contributed by atoms with Gasteiger partial charge in [-0.1, -0.05) is 13.0 Å². The molecule has 0 aliphatic heterocycles. The number of hydrogen-bond donors (Lipinski definition) is 1. The van der Waals surface area contributed by atoms with Crippen molar-refractivity contribution in [2.75, 3.05) is 13.1 Å². The van der Waals surface area contributed by atoms with Crippen LogP contribution in [-0.4, -0.2) is 13.1 Å². The zero-order valence-electron chi connectivity index (χ0n) is 8.89. The molecule has 1 aliphatic carbocycles. The average molecular weight is 181 g/mol. The average Bonchev–Trinajstić information content (AvgIpc) is 2.11. The molecule has 0 amide bonds. The van der Waals surface area contributed by atoms with Crippen molar-refractivity contribution in [2.45, 2.75) is 39.0 Å². The van der Waals surface area contributed by atoms with E-state index in [2.05, 4.69) is 24.9 Å². The lowest BCUT2D eigenvalue weighted by Crippen LogP contribution is -2.35. The van der Waals surface area contributed by atoms with Crippen molar-refractivity contribution in [3.8, 4) is 0 Å². The van der Waals surface area contributed by atoms with Crippen LogP contribution in [-0.2, 0) is 0 Å². The van der Waals surface area contributed by atoms with Crippen molar-refractivity contribution in [1.29, 1.82) is 0 Å². The van der Waals surface area contributed by atoms with Crippen molar-refractivity contribution >= 4 is 0 Å². The number of nitrogens with one attached hydrogen (secondary N) is 1. The minimum atomic E-state index is 0.964. The van der Waals surface area contributed by atoms with Crippen molar-refractivity contribution in [2.24, 2.45) is 11.8 Å². The van der Waals surface area contributed by atoms with E-state index in [0.29, 0.717) is 0 Å². The van der Waals surface area contributed by atoms with E-state index in [9.17, 15) is 0 Å². The summed E-state index contributed by atoms with van der Waals surface area (Å²) in [5, 5.41) is 3.52. The van der Waals surface area contributed by atoms with E-state index in [1.54, 1.807) is 0 Å². The van der Waals surface area contributed by atoms with Gasteiger partial charge in [-0.2, -0.15) is 0 Å². The molecule has 0 aromatic carbocycles. The highest BCUT2D eigenvalue weighted by atomic mass is 14.9. The van der Waals surface area contributed by atoms with Gasteiger partial charge in [-0.3, -0.25) is 0 Å². The molecule has 0 aromatic rings. The number of hydrogen-bond acceptors (Lipinski definition) is 1. The second-order valence-corrected chi connectivity index (χ2v) is 4.17. The Morgan fingerprint density at radius 2 is 2.15 bits per heavy atom. The summed E-state index contributed by atoms with van der Waals surface area (Å²) >= 11 is 0. The largest absolute Gasteiger partial charge is 0.316 e. The molecule has 1 nitrogen and oxygen atoms in total. The Morgan fingerprint density at radius 1 is 1.38 bits per heavy atom. The fraction of sp³-hybridized carbons (Fsp3) is 0.833. The fourth-order valence-corrected chi connectivity index (χ4v) is 2.08. The highest BCUT2D eigenvalue weighted by molar-refractivity contribution is 4.84. The van der Waals surface area contributed by atoms with E-state index >= 15 is 0 Å². The second kappa shape index (κ2) is 6.20. The summed E-state index contributed by atoms with van der Waals surface area (Å²) in [7, 11) is 0. The molecule has 2 atom stereocenters. The molecule has 1 rings (SSSR count). The Kier molecular flexibility index (Phi) is 5.14. The van der Waals surface area contributed by atoms with E-state index in [1.165, 1.54) is 45.2 Å². The van der Waals surface area contributed by atoms with E-state index in [-0.39, 0.29) is 0 Å².